The van der Waals surface area contributed by atoms with Crippen LogP contribution in [0.2, 0.25) is 0 Å². The topological polar surface area (TPSA) is 93.5 Å². The second-order valence-corrected chi connectivity index (χ2v) is 10.3. The van der Waals surface area contributed by atoms with Crippen LogP contribution in [0, 0.1) is 25.5 Å². The van der Waals surface area contributed by atoms with Gasteiger partial charge < -0.3 is 9.64 Å². The first-order valence-electron chi connectivity index (χ1n) is 10.7. The van der Waals surface area contributed by atoms with Crippen molar-refractivity contribution in [3.63, 3.8) is 0 Å². The largest absolute Gasteiger partial charge is 0.355 e. The maximum absolute atomic E-state index is 15.8. The lowest BCUT2D eigenvalue weighted by Gasteiger charge is -2.45. The number of sulfonamides is 1. The van der Waals surface area contributed by atoms with Crippen molar-refractivity contribution in [1.82, 2.24) is 24.1 Å². The van der Waals surface area contributed by atoms with Crippen LogP contribution in [-0.4, -0.2) is 70.6 Å². The number of fused-ring (bicyclic) bond motifs is 1. The predicted octanol–water partition coefficient (Wildman–Crippen LogP) is 2.22. The quantitative estimate of drug-likeness (QED) is 0.549. The average Bonchev–Trinajstić information content (AvgIpc) is 3.32. The Bertz CT molecular complexity index is 1400. The highest BCUT2D eigenvalue weighted by atomic mass is 32.2. The number of anilines is 1. The number of hydrogen-bond acceptors (Lipinski definition) is 7. The van der Waals surface area contributed by atoms with Crippen LogP contribution in [0.5, 0.6) is 0 Å². The van der Waals surface area contributed by atoms with E-state index in [1.165, 1.54) is 10.9 Å². The number of aryl methyl sites for hydroxylation is 2. The number of hydrogen-bond donors (Lipinski definition) is 0. The summed E-state index contributed by atoms with van der Waals surface area (Å²) in [5, 5.41) is 4.19. The number of ether oxygens (including phenoxy) is 1. The molecule has 9 nitrogen and oxygen atoms in total. The molecule has 2 aliphatic rings. The van der Waals surface area contributed by atoms with Crippen molar-refractivity contribution in [3.05, 3.63) is 41.4 Å². The molecule has 0 N–H and O–H groups in total. The molecular weight excluding hydrogens is 473 g/mol. The summed E-state index contributed by atoms with van der Waals surface area (Å²) in [7, 11) is -2.43. The molecule has 1 aromatic carbocycles. The molecule has 2 aliphatic heterocycles. The smallest absolute Gasteiger partial charge is 0.249 e. The normalized spacial score (nSPS) is 23.9. The van der Waals surface area contributed by atoms with E-state index < -0.39 is 33.6 Å². The van der Waals surface area contributed by atoms with E-state index in [-0.39, 0.29) is 54.4 Å². The number of nitrogens with zero attached hydrogens (tertiary/aromatic N) is 6. The molecule has 0 saturated carbocycles. The first-order valence-corrected chi connectivity index (χ1v) is 12.2. The molecule has 182 valence electrons. The maximum atomic E-state index is 15.8. The summed E-state index contributed by atoms with van der Waals surface area (Å²) >= 11 is 0. The molecule has 13 heteroatoms. The van der Waals surface area contributed by atoms with Crippen LogP contribution in [-0.2, 0) is 21.8 Å². The van der Waals surface area contributed by atoms with Gasteiger partial charge in [-0.05, 0) is 13.8 Å². The summed E-state index contributed by atoms with van der Waals surface area (Å²) in [5.41, 5.74) is -0.543. The highest BCUT2D eigenvalue weighted by Crippen LogP contribution is 2.41. The molecular formula is C21H23F3N6O3S. The molecule has 0 bridgehead atoms. The van der Waals surface area contributed by atoms with Crippen LogP contribution >= 0.6 is 0 Å². The number of alkyl halides is 1. The molecule has 2 saturated heterocycles. The molecule has 2 atom stereocenters. The Morgan fingerprint density at radius 2 is 1.85 bits per heavy atom. The van der Waals surface area contributed by atoms with Gasteiger partial charge in [0.25, 0.3) is 0 Å². The number of benzene rings is 1. The lowest BCUT2D eigenvalue weighted by Crippen LogP contribution is -2.62. The average molecular weight is 497 g/mol. The van der Waals surface area contributed by atoms with Crippen molar-refractivity contribution in [2.75, 3.05) is 31.1 Å². The molecule has 0 amide bonds. The SMILES string of the molecule is Cc1nn(C)c(C)c1S(=O)(=O)N1CCO[C@]12CCN(c1cnc3cc(F)c(F)cc3n1)C[C@@H]2F. The zero-order valence-electron chi connectivity index (χ0n) is 18.8. The predicted molar refractivity (Wildman–Crippen MR) is 116 cm³/mol. The zero-order chi connectivity index (χ0) is 24.4. The molecule has 0 radical (unpaired) electrons. The Hall–Kier alpha value is -2.77. The van der Waals surface area contributed by atoms with Crippen LogP contribution in [0.4, 0.5) is 19.0 Å². The third-order valence-corrected chi connectivity index (χ3v) is 8.74. The summed E-state index contributed by atoms with van der Waals surface area (Å²) in [4.78, 5) is 10.1. The summed E-state index contributed by atoms with van der Waals surface area (Å²) in [6, 6.07) is 1.88. The first-order chi connectivity index (χ1) is 16.0. The lowest BCUT2D eigenvalue weighted by molar-refractivity contribution is -0.116. The fraction of sp³-hybridized carbons (Fsp3) is 0.476. The molecule has 5 rings (SSSR count). The van der Waals surface area contributed by atoms with Gasteiger partial charge in [-0.2, -0.15) is 9.40 Å². The standard InChI is InChI=1S/C21H23F3N6O3S/c1-12-20(13(2)28(3)27-12)34(31,32)30-6-7-33-21(30)4-5-29(11-18(21)24)19-10-25-16-8-14(22)15(23)9-17(16)26-19/h8-10,18H,4-7,11H2,1-3H3/t18-,21-/m0/s1. The van der Waals surface area contributed by atoms with E-state index in [4.69, 9.17) is 4.74 Å². The van der Waals surface area contributed by atoms with Crippen molar-refractivity contribution in [3.8, 4) is 0 Å². The third kappa shape index (κ3) is 3.36. The van der Waals surface area contributed by atoms with E-state index in [0.29, 0.717) is 11.4 Å². The molecule has 0 unspecified atom stereocenters. The van der Waals surface area contributed by atoms with Gasteiger partial charge >= 0.3 is 0 Å². The second-order valence-electron chi connectivity index (χ2n) is 8.54. The monoisotopic (exact) mass is 496 g/mol. The Kier molecular flexibility index (Phi) is 5.33. The number of halogens is 3. The van der Waals surface area contributed by atoms with Crippen LogP contribution in [0.3, 0.4) is 0 Å². The Morgan fingerprint density at radius 3 is 2.50 bits per heavy atom. The number of rotatable bonds is 3. The van der Waals surface area contributed by atoms with E-state index >= 15 is 4.39 Å². The van der Waals surface area contributed by atoms with Gasteiger partial charge in [-0.1, -0.05) is 0 Å². The van der Waals surface area contributed by atoms with Crippen molar-refractivity contribution in [1.29, 1.82) is 0 Å². The van der Waals surface area contributed by atoms with Gasteiger partial charge in [0.05, 0.1) is 41.8 Å². The summed E-state index contributed by atoms with van der Waals surface area (Å²) in [6.07, 6.45) is -0.293. The molecule has 0 aliphatic carbocycles. The Morgan fingerprint density at radius 1 is 1.15 bits per heavy atom. The third-order valence-electron chi connectivity index (χ3n) is 6.56. The lowest BCUT2D eigenvalue weighted by atomic mass is 9.98. The summed E-state index contributed by atoms with van der Waals surface area (Å²) < 4.78 is 78.4. The first kappa shape index (κ1) is 23.0. The van der Waals surface area contributed by atoms with Crippen molar-refractivity contribution in [2.24, 2.45) is 7.05 Å². The number of piperidine rings is 1. The highest BCUT2D eigenvalue weighted by Gasteiger charge is 2.57. The highest BCUT2D eigenvalue weighted by molar-refractivity contribution is 7.89. The van der Waals surface area contributed by atoms with Crippen molar-refractivity contribution in [2.45, 2.75) is 37.1 Å². The summed E-state index contributed by atoms with van der Waals surface area (Å²) in [6.45, 7) is 3.36. The van der Waals surface area contributed by atoms with Crippen LogP contribution < -0.4 is 4.90 Å². The van der Waals surface area contributed by atoms with E-state index in [2.05, 4.69) is 15.1 Å². The van der Waals surface area contributed by atoms with Gasteiger partial charge in [0, 0.05) is 38.7 Å². The van der Waals surface area contributed by atoms with E-state index in [1.807, 2.05) is 0 Å². The molecule has 34 heavy (non-hydrogen) atoms. The second kappa shape index (κ2) is 7.89. The van der Waals surface area contributed by atoms with E-state index in [0.717, 1.165) is 16.4 Å². The minimum Gasteiger partial charge on any atom is -0.355 e. The van der Waals surface area contributed by atoms with E-state index in [1.54, 1.807) is 25.8 Å². The molecule has 1 spiro atoms. The fourth-order valence-corrected chi connectivity index (χ4v) is 6.93. The van der Waals surface area contributed by atoms with Crippen LogP contribution in [0.15, 0.2) is 23.2 Å². The molecule has 4 heterocycles. The zero-order valence-corrected chi connectivity index (χ0v) is 19.6. The molecule has 2 fully saturated rings. The van der Waals surface area contributed by atoms with Crippen molar-refractivity contribution < 1.29 is 26.3 Å². The van der Waals surface area contributed by atoms with E-state index in [9.17, 15) is 17.2 Å². The Labute approximate surface area is 194 Å². The maximum Gasteiger partial charge on any atom is 0.249 e. The van der Waals surface area contributed by atoms with Crippen molar-refractivity contribution >= 4 is 26.9 Å². The van der Waals surface area contributed by atoms with Crippen LogP contribution in [0.25, 0.3) is 11.0 Å². The van der Waals surface area contributed by atoms with Gasteiger partial charge in [-0.3, -0.25) is 9.67 Å². The number of aromatic nitrogens is 4. The Balaban J connectivity index is 1.45. The van der Waals surface area contributed by atoms with Gasteiger partial charge in [0.1, 0.15) is 10.7 Å². The fourth-order valence-electron chi connectivity index (χ4n) is 4.81. The minimum absolute atomic E-state index is 0.0249. The van der Waals surface area contributed by atoms with Gasteiger partial charge in [0.15, 0.2) is 23.5 Å². The van der Waals surface area contributed by atoms with Gasteiger partial charge in [-0.25, -0.2) is 26.6 Å². The summed E-state index contributed by atoms with van der Waals surface area (Å²) in [5.74, 6) is -1.81. The van der Waals surface area contributed by atoms with Gasteiger partial charge in [-0.15, -0.1) is 0 Å². The van der Waals surface area contributed by atoms with Gasteiger partial charge in [0.2, 0.25) is 10.0 Å². The molecule has 3 aromatic rings. The minimum atomic E-state index is -4.08. The molecule has 2 aromatic heterocycles. The van der Waals surface area contributed by atoms with Crippen LogP contribution in [0.1, 0.15) is 17.8 Å².